The first-order valence-electron chi connectivity index (χ1n) is 2.82. The van der Waals surface area contributed by atoms with E-state index in [1.807, 2.05) is 0 Å². The van der Waals surface area contributed by atoms with Gasteiger partial charge in [-0.15, -0.1) is 0 Å². The first kappa shape index (κ1) is 13.1. The molecule has 0 amide bonds. The zero-order valence-corrected chi connectivity index (χ0v) is 9.26. The third-order valence-corrected chi connectivity index (χ3v) is 1.20. The molecule has 0 radical (unpaired) electrons. The molecule has 0 aromatic rings. The van der Waals surface area contributed by atoms with E-state index < -0.39 is 11.9 Å². The van der Waals surface area contributed by atoms with Crippen LogP contribution in [0.5, 0.6) is 0 Å². The van der Waals surface area contributed by atoms with Gasteiger partial charge in [-0.3, -0.25) is 9.59 Å². The molecule has 0 aromatic carbocycles. The Labute approximate surface area is 92.7 Å². The minimum Gasteiger partial charge on any atom is -0.481 e. The van der Waals surface area contributed by atoms with Crippen molar-refractivity contribution in [3.8, 4) is 0 Å². The standard InChI is InChI=1S/C6H10O3.Nd/c1-3-5(4(2)7)6(8)9;/h5H,3H2,1-2H3,(H,8,9);. The maximum atomic E-state index is 10.4. The first-order chi connectivity index (χ1) is 4.09. The molecule has 0 bridgehead atoms. The van der Waals surface area contributed by atoms with E-state index >= 15 is 0 Å². The number of hydrogen-bond acceptors (Lipinski definition) is 2. The summed E-state index contributed by atoms with van der Waals surface area (Å²) in [7, 11) is 0. The largest absolute Gasteiger partial charge is 0.481 e. The molecular weight excluding hydrogens is 264 g/mol. The van der Waals surface area contributed by atoms with Gasteiger partial charge in [-0.25, -0.2) is 0 Å². The van der Waals surface area contributed by atoms with Crippen molar-refractivity contribution in [3.05, 3.63) is 0 Å². The Morgan fingerprint density at radius 1 is 1.50 bits per heavy atom. The second kappa shape index (κ2) is 6.22. The molecule has 0 aromatic heterocycles. The summed E-state index contributed by atoms with van der Waals surface area (Å²) in [6, 6.07) is 0. The minimum absolute atomic E-state index is 0. The van der Waals surface area contributed by atoms with Crippen LogP contribution in [-0.4, -0.2) is 16.9 Å². The Morgan fingerprint density at radius 3 is 1.90 bits per heavy atom. The summed E-state index contributed by atoms with van der Waals surface area (Å²) in [6.45, 7) is 2.97. The fourth-order valence-electron chi connectivity index (χ4n) is 0.636. The van der Waals surface area contributed by atoms with Gasteiger partial charge >= 0.3 is 5.97 Å². The van der Waals surface area contributed by atoms with E-state index in [-0.39, 0.29) is 46.6 Å². The van der Waals surface area contributed by atoms with E-state index in [9.17, 15) is 9.59 Å². The smallest absolute Gasteiger partial charge is 0.314 e. The van der Waals surface area contributed by atoms with Crippen molar-refractivity contribution >= 4 is 11.8 Å². The number of rotatable bonds is 3. The molecule has 4 heteroatoms. The predicted octanol–water partition coefficient (Wildman–Crippen LogP) is 0.686. The number of carboxylic acid groups (broad SMARTS) is 1. The molecule has 10 heavy (non-hydrogen) atoms. The van der Waals surface area contributed by atoms with Crippen LogP contribution in [0.15, 0.2) is 0 Å². The molecule has 0 saturated heterocycles. The molecule has 56 valence electrons. The van der Waals surface area contributed by atoms with E-state index in [4.69, 9.17) is 5.11 Å². The van der Waals surface area contributed by atoms with Crippen LogP contribution in [0.25, 0.3) is 0 Å². The monoisotopic (exact) mass is 272 g/mol. The third-order valence-electron chi connectivity index (χ3n) is 1.20. The van der Waals surface area contributed by atoms with Crippen molar-refractivity contribution in [2.24, 2.45) is 5.92 Å². The molecule has 0 rings (SSSR count). The number of ketones is 1. The topological polar surface area (TPSA) is 54.4 Å². The Hall–Kier alpha value is 0.491. The number of carbonyl (C=O) groups is 2. The molecular formula is C6H10NdO3. The molecule has 1 atom stereocenters. The van der Waals surface area contributed by atoms with Crippen molar-refractivity contribution in [1.29, 1.82) is 0 Å². The SMILES string of the molecule is CCC(C(C)=O)C(=O)O.[Nd]. The van der Waals surface area contributed by atoms with Gasteiger partial charge in [0.15, 0.2) is 0 Å². The van der Waals surface area contributed by atoms with Gasteiger partial charge in [0, 0.05) is 40.8 Å². The van der Waals surface area contributed by atoms with Crippen LogP contribution in [0.2, 0.25) is 0 Å². The van der Waals surface area contributed by atoms with Gasteiger partial charge in [-0.05, 0) is 13.3 Å². The van der Waals surface area contributed by atoms with Gasteiger partial charge < -0.3 is 5.11 Å². The predicted molar refractivity (Wildman–Crippen MR) is 32.1 cm³/mol. The van der Waals surface area contributed by atoms with Crippen LogP contribution >= 0.6 is 0 Å². The second-order valence-corrected chi connectivity index (χ2v) is 1.91. The number of hydrogen-bond donors (Lipinski definition) is 1. The van der Waals surface area contributed by atoms with Gasteiger partial charge in [0.05, 0.1) is 0 Å². The molecule has 0 spiro atoms. The molecule has 0 aliphatic carbocycles. The van der Waals surface area contributed by atoms with Gasteiger partial charge in [0.25, 0.3) is 0 Å². The molecule has 1 N–H and O–H groups in total. The Balaban J connectivity index is 0. The Bertz CT molecular complexity index is 119. The second-order valence-electron chi connectivity index (χ2n) is 1.91. The van der Waals surface area contributed by atoms with Crippen molar-refractivity contribution in [2.45, 2.75) is 20.3 Å². The van der Waals surface area contributed by atoms with E-state index in [0.717, 1.165) is 0 Å². The molecule has 3 nitrogen and oxygen atoms in total. The summed E-state index contributed by atoms with van der Waals surface area (Å²) in [6.07, 6.45) is 0.380. The van der Waals surface area contributed by atoms with Crippen LogP contribution < -0.4 is 0 Å². The molecule has 0 saturated carbocycles. The molecule has 0 aliphatic heterocycles. The Kier molecular flexibility index (Phi) is 8.15. The van der Waals surface area contributed by atoms with Gasteiger partial charge in [0.1, 0.15) is 11.7 Å². The van der Waals surface area contributed by atoms with Gasteiger partial charge in [-0.2, -0.15) is 0 Å². The van der Waals surface area contributed by atoms with Crippen LogP contribution in [0.4, 0.5) is 0 Å². The zero-order valence-electron chi connectivity index (χ0n) is 6.05. The number of aliphatic carboxylic acids is 1. The van der Waals surface area contributed by atoms with Crippen LogP contribution in [0, 0.1) is 46.8 Å². The van der Waals surface area contributed by atoms with Crippen LogP contribution in [0.1, 0.15) is 20.3 Å². The third kappa shape index (κ3) is 4.33. The van der Waals surface area contributed by atoms with E-state index in [2.05, 4.69) is 0 Å². The summed E-state index contributed by atoms with van der Waals surface area (Å²) in [5, 5.41) is 8.32. The quantitative estimate of drug-likeness (QED) is 0.770. The number of Topliss-reactive ketones (excluding diaryl/α,β-unsaturated/α-hetero) is 1. The summed E-state index contributed by atoms with van der Waals surface area (Å²) in [5.41, 5.74) is 0. The van der Waals surface area contributed by atoms with E-state index in [1.54, 1.807) is 6.92 Å². The van der Waals surface area contributed by atoms with Crippen molar-refractivity contribution in [3.63, 3.8) is 0 Å². The van der Waals surface area contributed by atoms with E-state index in [1.165, 1.54) is 6.92 Å². The van der Waals surface area contributed by atoms with Crippen molar-refractivity contribution in [1.82, 2.24) is 0 Å². The average molecular weight is 274 g/mol. The summed E-state index contributed by atoms with van der Waals surface area (Å²) in [4.78, 5) is 20.6. The van der Waals surface area contributed by atoms with Crippen LogP contribution in [-0.2, 0) is 9.59 Å². The van der Waals surface area contributed by atoms with Crippen molar-refractivity contribution in [2.75, 3.05) is 0 Å². The number of carbonyl (C=O) groups excluding carboxylic acids is 1. The summed E-state index contributed by atoms with van der Waals surface area (Å²) < 4.78 is 0. The minimum atomic E-state index is -1.02. The fraction of sp³-hybridized carbons (Fsp3) is 0.667. The summed E-state index contributed by atoms with van der Waals surface area (Å²) in [5.74, 6) is -2.10. The Morgan fingerprint density at radius 2 is 1.90 bits per heavy atom. The molecule has 0 fully saturated rings. The zero-order chi connectivity index (χ0) is 7.44. The fourth-order valence-corrected chi connectivity index (χ4v) is 0.636. The molecule has 1 unspecified atom stereocenters. The maximum Gasteiger partial charge on any atom is 0.314 e. The maximum absolute atomic E-state index is 10.4. The van der Waals surface area contributed by atoms with Gasteiger partial charge in [-0.1, -0.05) is 6.92 Å². The summed E-state index contributed by atoms with van der Waals surface area (Å²) >= 11 is 0. The van der Waals surface area contributed by atoms with E-state index in [0.29, 0.717) is 6.42 Å². The first-order valence-corrected chi connectivity index (χ1v) is 2.82. The number of carboxylic acids is 1. The normalized spacial score (nSPS) is 11.4. The van der Waals surface area contributed by atoms with Crippen LogP contribution in [0.3, 0.4) is 0 Å². The van der Waals surface area contributed by atoms with Crippen molar-refractivity contribution < 1.29 is 55.5 Å². The average Bonchev–Trinajstić information content (AvgIpc) is 1.64. The molecule has 0 aliphatic rings. The molecule has 0 heterocycles. The van der Waals surface area contributed by atoms with Gasteiger partial charge in [0.2, 0.25) is 0 Å².